The number of amides is 1. The molecule has 0 aliphatic rings. The van der Waals surface area contributed by atoms with E-state index in [4.69, 9.17) is 5.73 Å². The second-order valence-electron chi connectivity index (χ2n) is 4.09. The Hall–Kier alpha value is -2.08. The van der Waals surface area contributed by atoms with E-state index in [2.05, 4.69) is 9.97 Å². The third kappa shape index (κ3) is 3.23. The third-order valence-electron chi connectivity index (χ3n) is 2.39. The molecule has 0 saturated carbocycles. The molecule has 2 aromatic rings. The number of nitrogens with two attached hydrogens (primary N) is 1. The number of carbonyl (C=O) groups is 1. The molecule has 0 aliphatic heterocycles. The van der Waals surface area contributed by atoms with Crippen molar-refractivity contribution in [2.24, 2.45) is 0 Å². The summed E-state index contributed by atoms with van der Waals surface area (Å²) in [6.45, 7) is 0. The lowest BCUT2D eigenvalue weighted by atomic mass is 10.3. The molecule has 6 heteroatoms. The van der Waals surface area contributed by atoms with Crippen molar-refractivity contribution in [3.63, 3.8) is 0 Å². The average molecular weight is 274 g/mol. The number of hydrogen-bond donors (Lipinski definition) is 1. The van der Waals surface area contributed by atoms with Gasteiger partial charge >= 0.3 is 0 Å². The molecule has 0 bridgehead atoms. The first-order chi connectivity index (χ1) is 9.08. The Morgan fingerprint density at radius 1 is 1.32 bits per heavy atom. The summed E-state index contributed by atoms with van der Waals surface area (Å²) >= 11 is 1.48. The van der Waals surface area contributed by atoms with Crippen LogP contribution in [0.1, 0.15) is 10.5 Å². The Balaban J connectivity index is 2.25. The van der Waals surface area contributed by atoms with Crippen molar-refractivity contribution in [2.45, 2.75) is 9.79 Å². The van der Waals surface area contributed by atoms with Crippen molar-refractivity contribution in [2.75, 3.05) is 19.8 Å². The van der Waals surface area contributed by atoms with E-state index in [0.29, 0.717) is 11.4 Å². The highest BCUT2D eigenvalue weighted by Crippen LogP contribution is 2.31. The van der Waals surface area contributed by atoms with Crippen LogP contribution in [0.5, 0.6) is 0 Å². The maximum Gasteiger partial charge on any atom is 0.271 e. The fourth-order valence-electron chi connectivity index (χ4n) is 1.43. The Kier molecular flexibility index (Phi) is 4.01. The van der Waals surface area contributed by atoms with Gasteiger partial charge in [0, 0.05) is 36.3 Å². The van der Waals surface area contributed by atoms with Crippen LogP contribution in [0.2, 0.25) is 0 Å². The molecule has 2 aromatic heterocycles. The number of rotatable bonds is 3. The highest BCUT2D eigenvalue weighted by molar-refractivity contribution is 7.99. The number of pyridine rings is 2. The van der Waals surface area contributed by atoms with Crippen molar-refractivity contribution in [3.05, 3.63) is 42.5 Å². The van der Waals surface area contributed by atoms with Crippen LogP contribution in [-0.4, -0.2) is 34.9 Å². The molecule has 0 aliphatic carbocycles. The van der Waals surface area contributed by atoms with Crippen LogP contribution in [0, 0.1) is 0 Å². The van der Waals surface area contributed by atoms with Gasteiger partial charge in [0.25, 0.3) is 5.91 Å². The first kappa shape index (κ1) is 13.4. The number of nitrogen functional groups attached to an aromatic ring is 1. The lowest BCUT2D eigenvalue weighted by Crippen LogP contribution is -2.22. The van der Waals surface area contributed by atoms with Gasteiger partial charge in [-0.1, -0.05) is 11.8 Å². The van der Waals surface area contributed by atoms with Crippen molar-refractivity contribution in [3.8, 4) is 0 Å². The SMILES string of the molecule is CN(C)C(=O)c1cc(Sc2ccncc2N)ccn1. The van der Waals surface area contributed by atoms with Crippen LogP contribution in [0.25, 0.3) is 0 Å². The maximum atomic E-state index is 11.8. The number of anilines is 1. The smallest absolute Gasteiger partial charge is 0.271 e. The van der Waals surface area contributed by atoms with Gasteiger partial charge in [-0.15, -0.1) is 0 Å². The summed E-state index contributed by atoms with van der Waals surface area (Å²) < 4.78 is 0. The molecule has 2 heterocycles. The molecule has 0 fully saturated rings. The van der Waals surface area contributed by atoms with Gasteiger partial charge in [0.2, 0.25) is 0 Å². The minimum atomic E-state index is -0.120. The zero-order chi connectivity index (χ0) is 13.8. The average Bonchev–Trinajstić information content (AvgIpc) is 2.41. The van der Waals surface area contributed by atoms with E-state index in [1.807, 2.05) is 12.1 Å². The summed E-state index contributed by atoms with van der Waals surface area (Å²) in [7, 11) is 3.40. The van der Waals surface area contributed by atoms with E-state index in [1.165, 1.54) is 16.7 Å². The molecule has 5 nitrogen and oxygen atoms in total. The highest BCUT2D eigenvalue weighted by atomic mass is 32.2. The zero-order valence-corrected chi connectivity index (χ0v) is 11.5. The number of nitrogens with zero attached hydrogens (tertiary/aromatic N) is 3. The van der Waals surface area contributed by atoms with Gasteiger partial charge in [0.05, 0.1) is 11.9 Å². The summed E-state index contributed by atoms with van der Waals surface area (Å²) in [5.74, 6) is -0.120. The van der Waals surface area contributed by atoms with Gasteiger partial charge in [0.15, 0.2) is 0 Å². The van der Waals surface area contributed by atoms with Gasteiger partial charge in [0.1, 0.15) is 5.69 Å². The molecule has 98 valence electrons. The lowest BCUT2D eigenvalue weighted by molar-refractivity contribution is 0.0821. The fourth-order valence-corrected chi connectivity index (χ4v) is 2.29. The van der Waals surface area contributed by atoms with E-state index in [-0.39, 0.29) is 5.91 Å². The van der Waals surface area contributed by atoms with Crippen LogP contribution < -0.4 is 5.73 Å². The summed E-state index contributed by atoms with van der Waals surface area (Å²) in [4.78, 5) is 23.2. The maximum absolute atomic E-state index is 11.8. The fraction of sp³-hybridized carbons (Fsp3) is 0.154. The van der Waals surface area contributed by atoms with E-state index >= 15 is 0 Å². The molecular weight excluding hydrogens is 260 g/mol. The van der Waals surface area contributed by atoms with Gasteiger partial charge in [-0.2, -0.15) is 0 Å². The predicted molar refractivity (Wildman–Crippen MR) is 75.0 cm³/mol. The largest absolute Gasteiger partial charge is 0.397 e. The lowest BCUT2D eigenvalue weighted by Gasteiger charge is -2.10. The Morgan fingerprint density at radius 2 is 2.11 bits per heavy atom. The first-order valence-electron chi connectivity index (χ1n) is 5.63. The molecule has 0 unspecified atom stereocenters. The molecule has 0 aromatic carbocycles. The molecule has 0 radical (unpaired) electrons. The molecule has 19 heavy (non-hydrogen) atoms. The summed E-state index contributed by atoms with van der Waals surface area (Å²) in [5, 5.41) is 0. The monoisotopic (exact) mass is 274 g/mol. The van der Waals surface area contributed by atoms with Gasteiger partial charge < -0.3 is 10.6 Å². The van der Waals surface area contributed by atoms with Crippen LogP contribution in [0.3, 0.4) is 0 Å². The van der Waals surface area contributed by atoms with Gasteiger partial charge in [-0.05, 0) is 18.2 Å². The zero-order valence-electron chi connectivity index (χ0n) is 10.7. The summed E-state index contributed by atoms with van der Waals surface area (Å²) in [6, 6.07) is 5.44. The number of carbonyl (C=O) groups excluding carboxylic acids is 1. The van der Waals surface area contributed by atoms with E-state index in [0.717, 1.165) is 9.79 Å². The number of aromatic nitrogens is 2. The molecule has 2 N–H and O–H groups in total. The Morgan fingerprint density at radius 3 is 2.79 bits per heavy atom. The molecule has 1 amide bonds. The summed E-state index contributed by atoms with van der Waals surface area (Å²) in [6.07, 6.45) is 4.91. The minimum Gasteiger partial charge on any atom is -0.397 e. The Labute approximate surface area is 115 Å². The molecule has 0 atom stereocenters. The van der Waals surface area contributed by atoms with Crippen LogP contribution in [-0.2, 0) is 0 Å². The standard InChI is InChI=1S/C13H14N4OS/c1-17(2)13(18)11-7-9(3-6-16-11)19-12-4-5-15-8-10(12)14/h3-8H,14H2,1-2H3. The van der Waals surface area contributed by atoms with Crippen molar-refractivity contribution in [1.29, 1.82) is 0 Å². The molecular formula is C13H14N4OS. The van der Waals surface area contributed by atoms with Gasteiger partial charge in [-0.25, -0.2) is 0 Å². The van der Waals surface area contributed by atoms with Crippen LogP contribution in [0.4, 0.5) is 5.69 Å². The molecule has 0 spiro atoms. The van der Waals surface area contributed by atoms with Crippen molar-refractivity contribution < 1.29 is 4.79 Å². The normalized spacial score (nSPS) is 10.2. The second kappa shape index (κ2) is 5.71. The highest BCUT2D eigenvalue weighted by Gasteiger charge is 2.10. The van der Waals surface area contributed by atoms with E-state index in [1.54, 1.807) is 38.8 Å². The van der Waals surface area contributed by atoms with Gasteiger partial charge in [-0.3, -0.25) is 14.8 Å². The molecule has 0 saturated heterocycles. The first-order valence-corrected chi connectivity index (χ1v) is 6.44. The predicted octanol–water partition coefficient (Wildman–Crippen LogP) is 1.91. The number of hydrogen-bond acceptors (Lipinski definition) is 5. The topological polar surface area (TPSA) is 72.1 Å². The summed E-state index contributed by atoms with van der Waals surface area (Å²) in [5.41, 5.74) is 6.88. The van der Waals surface area contributed by atoms with Crippen molar-refractivity contribution >= 4 is 23.4 Å². The van der Waals surface area contributed by atoms with E-state index < -0.39 is 0 Å². The second-order valence-corrected chi connectivity index (χ2v) is 5.21. The van der Waals surface area contributed by atoms with E-state index in [9.17, 15) is 4.79 Å². The third-order valence-corrected chi connectivity index (χ3v) is 3.48. The quantitative estimate of drug-likeness (QED) is 0.925. The minimum absolute atomic E-state index is 0.120. The van der Waals surface area contributed by atoms with Crippen molar-refractivity contribution in [1.82, 2.24) is 14.9 Å². The molecule has 2 rings (SSSR count). The Bertz CT molecular complexity index is 601. The van der Waals surface area contributed by atoms with Crippen LogP contribution in [0.15, 0.2) is 46.6 Å². The van der Waals surface area contributed by atoms with Crippen LogP contribution >= 0.6 is 11.8 Å².